The smallest absolute Gasteiger partial charge is 0.418 e. The van der Waals surface area contributed by atoms with E-state index < -0.39 is 66.4 Å². The van der Waals surface area contributed by atoms with E-state index in [1.807, 2.05) is 0 Å². The second-order valence-corrected chi connectivity index (χ2v) is 14.5. The summed E-state index contributed by atoms with van der Waals surface area (Å²) in [7, 11) is 0.604. The van der Waals surface area contributed by atoms with E-state index in [2.05, 4.69) is 23.8 Å². The van der Waals surface area contributed by atoms with E-state index >= 15 is 0 Å². The Balaban J connectivity index is 0.000000706. The van der Waals surface area contributed by atoms with Crippen LogP contribution in [0.5, 0.6) is 0 Å². The maximum atomic E-state index is 12.1. The lowest BCUT2D eigenvalue weighted by Gasteiger charge is -2.29. The summed E-state index contributed by atoms with van der Waals surface area (Å²) in [5, 5.41) is 2.12. The van der Waals surface area contributed by atoms with Crippen molar-refractivity contribution in [1.29, 1.82) is 0 Å². The maximum absolute atomic E-state index is 12.1. The van der Waals surface area contributed by atoms with Gasteiger partial charge in [0.05, 0.1) is 20.3 Å². The van der Waals surface area contributed by atoms with Crippen molar-refractivity contribution in [3.8, 4) is 0 Å². The number of imide groups is 1. The number of nitrogens with one attached hydrogen (secondary N) is 1. The van der Waals surface area contributed by atoms with Gasteiger partial charge in [0.2, 0.25) is 11.6 Å². The number of methoxy groups -OCH3 is 2. The van der Waals surface area contributed by atoms with Gasteiger partial charge in [0.1, 0.15) is 17.0 Å². The van der Waals surface area contributed by atoms with Gasteiger partial charge in [0.15, 0.2) is 6.04 Å². The molecule has 2 atom stereocenters. The van der Waals surface area contributed by atoms with Crippen LogP contribution in [0.4, 0.5) is 9.59 Å². The van der Waals surface area contributed by atoms with E-state index in [4.69, 9.17) is 18.9 Å². The molecular formula is C29H47N2O15P. The number of cyclic esters (lactones) is 1. The first-order valence-electron chi connectivity index (χ1n) is 14.0. The molecule has 0 aliphatic carbocycles. The van der Waals surface area contributed by atoms with Crippen LogP contribution in [0.3, 0.4) is 0 Å². The van der Waals surface area contributed by atoms with Crippen molar-refractivity contribution in [2.75, 3.05) is 28.4 Å². The highest BCUT2D eigenvalue weighted by molar-refractivity contribution is 7.55. The molecule has 0 fully saturated rings. The molecule has 18 heteroatoms. The predicted molar refractivity (Wildman–Crippen MR) is 164 cm³/mol. The number of rotatable bonds is 6. The number of allylic oxidation sites excluding steroid dienone is 1. The zero-order chi connectivity index (χ0) is 37.1. The van der Waals surface area contributed by atoms with E-state index in [-0.39, 0.29) is 5.97 Å². The Kier molecular flexibility index (Phi) is 15.8. The Morgan fingerprint density at radius 2 is 1.38 bits per heavy atom. The third kappa shape index (κ3) is 14.6. The van der Waals surface area contributed by atoms with Crippen molar-refractivity contribution in [3.63, 3.8) is 0 Å². The summed E-state index contributed by atoms with van der Waals surface area (Å²) < 4.78 is 50.5. The van der Waals surface area contributed by atoms with E-state index in [0.717, 1.165) is 26.2 Å². The molecule has 17 nitrogen and oxygen atoms in total. The summed E-state index contributed by atoms with van der Waals surface area (Å²) in [6, 6.07) is -1.03. The van der Waals surface area contributed by atoms with E-state index in [1.165, 1.54) is 19.3 Å². The van der Waals surface area contributed by atoms with Crippen LogP contribution >= 0.6 is 7.60 Å². The lowest BCUT2D eigenvalue weighted by atomic mass is 10.1. The van der Waals surface area contributed by atoms with Crippen molar-refractivity contribution < 1.29 is 70.8 Å². The highest BCUT2D eigenvalue weighted by atomic mass is 31.2. The standard InChI is InChI=1S/C12H17NO5.C10H20NO7P.C7H10O3/c1-7-6-8(14)13(9(7)10(15)17-5)11(16)18-12(2,3)4;1-10(2,3)18-9(13)11-7(8(12)15-4)19(14,16-5)17-6;1-5-4-6(8)10-7(2,3)9-5/h6,9H,1-5H3;7H,1-6H3,(H,11,13);4H,1-3H3. The highest BCUT2D eigenvalue weighted by Gasteiger charge is 2.44. The molecule has 2 rings (SSSR count). The molecular weight excluding hydrogens is 647 g/mol. The topological polar surface area (TPSA) is 209 Å². The second-order valence-electron chi connectivity index (χ2n) is 12.2. The van der Waals surface area contributed by atoms with Crippen LogP contribution in [-0.2, 0) is 61.2 Å². The number of hydrogen-bond acceptors (Lipinski definition) is 15. The SMILES string of the molecule is CC1=CC(=O)OC(C)(C)O1.COC(=O)C(NC(=O)OC(C)(C)C)P(=O)(OC)OC.COC(=O)C1C(C)=CC(=O)N1C(=O)OC(C)(C)C. The largest absolute Gasteiger partial charge is 0.467 e. The van der Waals surface area contributed by atoms with E-state index in [1.54, 1.807) is 69.2 Å². The molecule has 2 unspecified atom stereocenters. The van der Waals surface area contributed by atoms with Gasteiger partial charge in [-0.05, 0) is 61.0 Å². The molecule has 3 amide bonds. The van der Waals surface area contributed by atoms with Gasteiger partial charge >= 0.3 is 37.7 Å². The number of hydrogen-bond donors (Lipinski definition) is 1. The molecule has 0 spiro atoms. The number of ether oxygens (including phenoxy) is 6. The normalized spacial score (nSPS) is 17.8. The predicted octanol–water partition coefficient (Wildman–Crippen LogP) is 3.95. The fourth-order valence-electron chi connectivity index (χ4n) is 3.54. The van der Waals surface area contributed by atoms with Crippen LogP contribution in [0.25, 0.3) is 0 Å². The van der Waals surface area contributed by atoms with Crippen molar-refractivity contribution >= 4 is 43.6 Å². The summed E-state index contributed by atoms with van der Waals surface area (Å²) in [4.78, 5) is 69.8. The fourth-order valence-corrected chi connectivity index (χ4v) is 4.74. The summed E-state index contributed by atoms with van der Waals surface area (Å²) in [6.07, 6.45) is 0.768. The van der Waals surface area contributed by atoms with Crippen LogP contribution < -0.4 is 5.32 Å². The summed E-state index contributed by atoms with van der Waals surface area (Å²) in [5.41, 5.74) is -1.05. The Bertz CT molecular complexity index is 1280. The number of carbonyl (C=O) groups is 6. The maximum Gasteiger partial charge on any atom is 0.418 e. The zero-order valence-corrected chi connectivity index (χ0v) is 30.2. The Hall–Kier alpha value is -3.95. The molecule has 0 aromatic carbocycles. The lowest BCUT2D eigenvalue weighted by Crippen LogP contribution is -2.47. The average Bonchev–Trinajstić information content (AvgIpc) is 3.21. The minimum absolute atomic E-state index is 0.339. The Morgan fingerprint density at radius 1 is 0.872 bits per heavy atom. The lowest BCUT2D eigenvalue weighted by molar-refractivity contribution is -0.204. The van der Waals surface area contributed by atoms with Gasteiger partial charge in [-0.1, -0.05) is 0 Å². The van der Waals surface area contributed by atoms with Gasteiger partial charge < -0.3 is 37.5 Å². The van der Waals surface area contributed by atoms with Crippen LogP contribution in [0, 0.1) is 0 Å². The van der Waals surface area contributed by atoms with Crippen LogP contribution in [-0.4, -0.2) is 98.2 Å². The summed E-state index contributed by atoms with van der Waals surface area (Å²) >= 11 is 0. The van der Waals surface area contributed by atoms with E-state index in [9.17, 15) is 33.3 Å². The molecule has 2 aliphatic heterocycles. The number of nitrogens with zero attached hydrogens (tertiary/aromatic N) is 1. The molecule has 268 valence electrons. The molecule has 0 saturated carbocycles. The third-order valence-corrected chi connectivity index (χ3v) is 7.26. The summed E-state index contributed by atoms with van der Waals surface area (Å²) in [6.45, 7) is 16.7. The number of esters is 3. The van der Waals surface area contributed by atoms with Gasteiger partial charge in [-0.2, -0.15) is 0 Å². The first-order valence-corrected chi connectivity index (χ1v) is 15.6. The summed E-state index contributed by atoms with van der Waals surface area (Å²) in [5.74, 6) is -4.33. The average molecular weight is 695 g/mol. The number of amides is 3. The monoisotopic (exact) mass is 694 g/mol. The molecule has 47 heavy (non-hydrogen) atoms. The Morgan fingerprint density at radius 3 is 1.77 bits per heavy atom. The van der Waals surface area contributed by atoms with Gasteiger partial charge in [0, 0.05) is 34.1 Å². The van der Waals surface area contributed by atoms with Crippen LogP contribution in [0.2, 0.25) is 0 Å². The quantitative estimate of drug-likeness (QED) is 0.237. The van der Waals surface area contributed by atoms with Gasteiger partial charge in [-0.3, -0.25) is 14.7 Å². The molecule has 0 bridgehead atoms. The highest BCUT2D eigenvalue weighted by Crippen LogP contribution is 2.50. The second kappa shape index (κ2) is 17.3. The first-order chi connectivity index (χ1) is 21.3. The molecule has 1 N–H and O–H groups in total. The minimum Gasteiger partial charge on any atom is -0.467 e. The van der Waals surface area contributed by atoms with Crippen molar-refractivity contribution in [2.24, 2.45) is 0 Å². The van der Waals surface area contributed by atoms with Gasteiger partial charge in [-0.15, -0.1) is 0 Å². The van der Waals surface area contributed by atoms with Gasteiger partial charge in [0.25, 0.3) is 5.91 Å². The van der Waals surface area contributed by atoms with Crippen molar-refractivity contribution in [2.45, 2.75) is 98.1 Å². The van der Waals surface area contributed by atoms with E-state index in [0.29, 0.717) is 11.3 Å². The number of alkyl carbamates (subject to hydrolysis) is 1. The molecule has 2 heterocycles. The molecule has 0 aromatic heterocycles. The first kappa shape index (κ1) is 43.0. The minimum atomic E-state index is -3.87. The molecule has 2 aliphatic rings. The van der Waals surface area contributed by atoms with Crippen molar-refractivity contribution in [3.05, 3.63) is 23.5 Å². The third-order valence-electron chi connectivity index (χ3n) is 5.27. The number of carbonyl (C=O) groups excluding carboxylic acids is 6. The fraction of sp³-hybridized carbons (Fsp3) is 0.655. The van der Waals surface area contributed by atoms with Crippen LogP contribution in [0.1, 0.15) is 69.2 Å². The molecule has 0 radical (unpaired) electrons. The molecule has 0 aromatic rings. The van der Waals surface area contributed by atoms with Crippen LogP contribution in [0.15, 0.2) is 23.5 Å². The Labute approximate surface area is 274 Å². The van der Waals surface area contributed by atoms with Crippen molar-refractivity contribution in [1.82, 2.24) is 10.2 Å². The zero-order valence-electron chi connectivity index (χ0n) is 29.3. The molecule has 0 saturated heterocycles. The van der Waals surface area contributed by atoms with Gasteiger partial charge in [-0.25, -0.2) is 28.9 Å².